The Morgan fingerprint density at radius 3 is 2.68 bits per heavy atom. The van der Waals surface area contributed by atoms with E-state index < -0.39 is 0 Å². The SMILES string of the molecule is O=C(C=Cc1cc[nH]n1)NCCOc1c(Cl)cc(Cl)cc1Cl. The van der Waals surface area contributed by atoms with Crippen LogP contribution in [0.1, 0.15) is 5.69 Å². The fourth-order valence-electron chi connectivity index (χ4n) is 1.58. The van der Waals surface area contributed by atoms with E-state index in [1.54, 1.807) is 18.3 Å². The maximum absolute atomic E-state index is 11.6. The van der Waals surface area contributed by atoms with E-state index in [0.29, 0.717) is 33.1 Å². The zero-order valence-electron chi connectivity index (χ0n) is 11.3. The van der Waals surface area contributed by atoms with E-state index in [1.807, 2.05) is 0 Å². The predicted octanol–water partition coefficient (Wildman–Crippen LogP) is 3.58. The first-order valence-electron chi connectivity index (χ1n) is 6.29. The van der Waals surface area contributed by atoms with Gasteiger partial charge in [0, 0.05) is 17.3 Å². The smallest absolute Gasteiger partial charge is 0.244 e. The van der Waals surface area contributed by atoms with Gasteiger partial charge in [0.1, 0.15) is 6.61 Å². The van der Waals surface area contributed by atoms with Crippen LogP contribution in [0.3, 0.4) is 0 Å². The first kappa shape index (κ1) is 16.7. The van der Waals surface area contributed by atoms with Crippen molar-refractivity contribution in [2.75, 3.05) is 13.2 Å². The van der Waals surface area contributed by atoms with Crippen LogP contribution in [0.4, 0.5) is 0 Å². The van der Waals surface area contributed by atoms with Crippen molar-refractivity contribution in [3.8, 4) is 5.75 Å². The summed E-state index contributed by atoms with van der Waals surface area (Å²) in [6.45, 7) is 0.530. The quantitative estimate of drug-likeness (QED) is 0.611. The van der Waals surface area contributed by atoms with Crippen LogP contribution in [0.5, 0.6) is 5.75 Å². The lowest BCUT2D eigenvalue weighted by atomic mass is 10.3. The van der Waals surface area contributed by atoms with Crippen molar-refractivity contribution < 1.29 is 9.53 Å². The third-order valence-electron chi connectivity index (χ3n) is 2.54. The standard InChI is InChI=1S/C14H12Cl3N3O2/c15-9-7-11(16)14(12(17)8-9)22-6-5-18-13(21)2-1-10-3-4-19-20-10/h1-4,7-8H,5-6H2,(H,18,21)(H,19,20). The first-order chi connectivity index (χ1) is 10.6. The Morgan fingerprint density at radius 2 is 2.05 bits per heavy atom. The molecule has 1 heterocycles. The average molecular weight is 361 g/mol. The van der Waals surface area contributed by atoms with Crippen molar-refractivity contribution in [2.24, 2.45) is 0 Å². The van der Waals surface area contributed by atoms with E-state index >= 15 is 0 Å². The van der Waals surface area contributed by atoms with Gasteiger partial charge in [-0.05, 0) is 24.3 Å². The first-order valence-corrected chi connectivity index (χ1v) is 7.42. The number of nitrogens with zero attached hydrogens (tertiary/aromatic N) is 1. The van der Waals surface area contributed by atoms with Gasteiger partial charge in [-0.1, -0.05) is 34.8 Å². The molecule has 0 aliphatic rings. The third kappa shape index (κ3) is 4.94. The van der Waals surface area contributed by atoms with Gasteiger partial charge in [-0.3, -0.25) is 9.89 Å². The Morgan fingerprint density at radius 1 is 1.32 bits per heavy atom. The Labute approximate surface area is 142 Å². The number of aromatic nitrogens is 2. The Balaban J connectivity index is 1.76. The summed E-state index contributed by atoms with van der Waals surface area (Å²) in [7, 11) is 0. The minimum atomic E-state index is -0.250. The molecule has 2 rings (SSSR count). The minimum absolute atomic E-state index is 0.225. The van der Waals surface area contributed by atoms with Crippen molar-refractivity contribution in [1.82, 2.24) is 15.5 Å². The number of rotatable bonds is 6. The molecule has 5 nitrogen and oxygen atoms in total. The number of hydrogen-bond acceptors (Lipinski definition) is 3. The van der Waals surface area contributed by atoms with Crippen LogP contribution in [0.25, 0.3) is 6.08 Å². The fourth-order valence-corrected chi connectivity index (χ4v) is 2.50. The lowest BCUT2D eigenvalue weighted by Gasteiger charge is -2.10. The van der Waals surface area contributed by atoms with Gasteiger partial charge in [0.05, 0.1) is 22.3 Å². The molecule has 0 bridgehead atoms. The zero-order chi connectivity index (χ0) is 15.9. The molecule has 1 aromatic carbocycles. The van der Waals surface area contributed by atoms with Crippen LogP contribution in [0.2, 0.25) is 15.1 Å². The number of halogens is 3. The highest BCUT2D eigenvalue weighted by molar-refractivity contribution is 6.40. The summed E-state index contributed by atoms with van der Waals surface area (Å²) in [5.74, 6) is 0.0916. The van der Waals surface area contributed by atoms with E-state index in [9.17, 15) is 4.79 Å². The van der Waals surface area contributed by atoms with Gasteiger partial charge in [0.2, 0.25) is 5.91 Å². The molecule has 0 radical (unpaired) electrons. The normalized spacial score (nSPS) is 10.9. The third-order valence-corrected chi connectivity index (χ3v) is 3.32. The number of ether oxygens (including phenoxy) is 1. The molecular formula is C14H12Cl3N3O2. The van der Waals surface area contributed by atoms with Crippen LogP contribution in [0.15, 0.2) is 30.5 Å². The van der Waals surface area contributed by atoms with Gasteiger partial charge >= 0.3 is 0 Å². The Hall–Kier alpha value is -1.69. The molecule has 2 aromatic rings. The molecule has 116 valence electrons. The fraction of sp³-hybridized carbons (Fsp3) is 0.143. The second-order valence-corrected chi connectivity index (χ2v) is 5.42. The number of nitrogens with one attached hydrogen (secondary N) is 2. The molecule has 0 saturated carbocycles. The molecule has 0 unspecified atom stereocenters. The van der Waals surface area contributed by atoms with Crippen molar-refractivity contribution >= 4 is 46.8 Å². The van der Waals surface area contributed by atoms with Gasteiger partial charge < -0.3 is 10.1 Å². The van der Waals surface area contributed by atoms with Crippen LogP contribution in [-0.2, 0) is 4.79 Å². The highest BCUT2D eigenvalue weighted by Crippen LogP contribution is 2.35. The Bertz CT molecular complexity index is 649. The lowest BCUT2D eigenvalue weighted by molar-refractivity contribution is -0.116. The molecule has 0 fully saturated rings. The van der Waals surface area contributed by atoms with Crippen molar-refractivity contribution in [3.05, 3.63) is 51.2 Å². The summed E-state index contributed by atoms with van der Waals surface area (Å²) in [6.07, 6.45) is 4.66. The van der Waals surface area contributed by atoms with E-state index in [2.05, 4.69) is 15.5 Å². The van der Waals surface area contributed by atoms with Crippen LogP contribution >= 0.6 is 34.8 Å². The summed E-state index contributed by atoms with van der Waals surface area (Å²) in [4.78, 5) is 11.6. The predicted molar refractivity (Wildman–Crippen MR) is 87.6 cm³/mol. The summed E-state index contributed by atoms with van der Waals surface area (Å²) in [6, 6.07) is 4.82. The molecule has 8 heteroatoms. The maximum Gasteiger partial charge on any atom is 0.244 e. The number of aromatic amines is 1. The number of carbonyl (C=O) groups is 1. The van der Waals surface area contributed by atoms with Crippen molar-refractivity contribution in [3.63, 3.8) is 0 Å². The van der Waals surface area contributed by atoms with E-state index in [4.69, 9.17) is 39.5 Å². The van der Waals surface area contributed by atoms with Gasteiger partial charge in [-0.15, -0.1) is 0 Å². The summed E-state index contributed by atoms with van der Waals surface area (Å²) < 4.78 is 5.44. The number of amides is 1. The average Bonchev–Trinajstić information content (AvgIpc) is 2.96. The van der Waals surface area contributed by atoms with Crippen LogP contribution < -0.4 is 10.1 Å². The topological polar surface area (TPSA) is 67.0 Å². The monoisotopic (exact) mass is 359 g/mol. The van der Waals surface area contributed by atoms with E-state index in [-0.39, 0.29) is 12.5 Å². The highest BCUT2D eigenvalue weighted by atomic mass is 35.5. The molecule has 0 atom stereocenters. The largest absolute Gasteiger partial charge is 0.489 e. The molecule has 2 N–H and O–H groups in total. The Kier molecular flexibility index (Phi) is 6.12. The molecule has 1 aromatic heterocycles. The number of H-pyrrole nitrogens is 1. The molecular weight excluding hydrogens is 349 g/mol. The number of carbonyl (C=O) groups excluding carboxylic acids is 1. The molecule has 1 amide bonds. The van der Waals surface area contributed by atoms with E-state index in [0.717, 1.165) is 0 Å². The second-order valence-electron chi connectivity index (χ2n) is 4.17. The molecule has 0 spiro atoms. The van der Waals surface area contributed by atoms with Crippen LogP contribution in [0, 0.1) is 0 Å². The van der Waals surface area contributed by atoms with Gasteiger partial charge in [0.25, 0.3) is 0 Å². The van der Waals surface area contributed by atoms with Crippen LogP contribution in [-0.4, -0.2) is 29.3 Å². The zero-order valence-corrected chi connectivity index (χ0v) is 13.5. The lowest BCUT2D eigenvalue weighted by Crippen LogP contribution is -2.26. The molecule has 0 aliphatic carbocycles. The number of hydrogen-bond donors (Lipinski definition) is 2. The van der Waals surface area contributed by atoms with Gasteiger partial charge in [-0.25, -0.2) is 0 Å². The summed E-state index contributed by atoms with van der Waals surface area (Å²) in [5, 5.41) is 10.3. The van der Waals surface area contributed by atoms with Gasteiger partial charge in [-0.2, -0.15) is 5.10 Å². The highest BCUT2D eigenvalue weighted by Gasteiger charge is 2.09. The number of benzene rings is 1. The molecule has 0 saturated heterocycles. The minimum Gasteiger partial charge on any atom is -0.489 e. The van der Waals surface area contributed by atoms with Crippen molar-refractivity contribution in [1.29, 1.82) is 0 Å². The summed E-state index contributed by atoms with van der Waals surface area (Å²) >= 11 is 17.8. The molecule has 22 heavy (non-hydrogen) atoms. The summed E-state index contributed by atoms with van der Waals surface area (Å²) in [5.41, 5.74) is 0.672. The second kappa shape index (κ2) is 8.08. The van der Waals surface area contributed by atoms with Crippen molar-refractivity contribution in [2.45, 2.75) is 0 Å². The van der Waals surface area contributed by atoms with E-state index in [1.165, 1.54) is 18.2 Å². The maximum atomic E-state index is 11.6. The van der Waals surface area contributed by atoms with Gasteiger partial charge in [0.15, 0.2) is 5.75 Å². The molecule has 0 aliphatic heterocycles.